The highest BCUT2D eigenvalue weighted by atomic mass is 16.2. The highest BCUT2D eigenvalue weighted by molar-refractivity contribution is 6.07. The van der Waals surface area contributed by atoms with E-state index >= 15 is 0 Å². The zero-order valence-corrected chi connectivity index (χ0v) is 20.9. The lowest BCUT2D eigenvalue weighted by Crippen LogP contribution is -2.54. The third kappa shape index (κ3) is 3.92. The van der Waals surface area contributed by atoms with Crippen LogP contribution in [0.5, 0.6) is 0 Å². The summed E-state index contributed by atoms with van der Waals surface area (Å²) in [5, 5.41) is 3.12. The van der Waals surface area contributed by atoms with Gasteiger partial charge in [-0.2, -0.15) is 0 Å². The number of benzene rings is 2. The molecule has 6 rings (SSSR count). The highest BCUT2D eigenvalue weighted by Gasteiger charge is 2.55. The first-order valence-electron chi connectivity index (χ1n) is 13.2. The fourth-order valence-electron chi connectivity index (χ4n) is 6.87. The fourth-order valence-corrected chi connectivity index (χ4v) is 6.87. The molecule has 1 aliphatic carbocycles. The minimum atomic E-state index is -0.797. The molecule has 3 amide bonds. The molecule has 0 saturated carbocycles. The lowest BCUT2D eigenvalue weighted by Gasteiger charge is -2.39. The Balaban J connectivity index is 1.09. The van der Waals surface area contributed by atoms with Crippen LogP contribution < -0.4 is 10.2 Å². The summed E-state index contributed by atoms with van der Waals surface area (Å²) in [5.74, 6) is 0.138. The summed E-state index contributed by atoms with van der Waals surface area (Å²) in [4.78, 5) is 33.0. The van der Waals surface area contributed by atoms with E-state index in [1.54, 1.807) is 0 Å². The number of urea groups is 1. The van der Waals surface area contributed by atoms with E-state index in [1.165, 1.54) is 45.7 Å². The van der Waals surface area contributed by atoms with Crippen molar-refractivity contribution in [1.82, 2.24) is 15.1 Å². The molecular formula is C29H36N4O2. The van der Waals surface area contributed by atoms with E-state index in [2.05, 4.69) is 52.5 Å². The maximum Gasteiger partial charge on any atom is 0.325 e. The molecule has 2 fully saturated rings. The number of carbonyl (C=O) groups excluding carboxylic acids is 2. The van der Waals surface area contributed by atoms with Gasteiger partial charge in [-0.1, -0.05) is 36.4 Å². The summed E-state index contributed by atoms with van der Waals surface area (Å²) < 4.78 is 0. The smallest absolute Gasteiger partial charge is 0.325 e. The molecule has 2 aromatic rings. The maximum absolute atomic E-state index is 13.6. The Bertz CT molecular complexity index is 1130. The number of carbonyl (C=O) groups is 2. The van der Waals surface area contributed by atoms with Crippen molar-refractivity contribution >= 4 is 17.6 Å². The van der Waals surface area contributed by atoms with Crippen molar-refractivity contribution < 1.29 is 9.59 Å². The first-order valence-corrected chi connectivity index (χ1v) is 13.2. The summed E-state index contributed by atoms with van der Waals surface area (Å²) in [6, 6.07) is 15.0. The van der Waals surface area contributed by atoms with Crippen LogP contribution in [0.3, 0.4) is 0 Å². The van der Waals surface area contributed by atoms with Crippen LogP contribution in [0.15, 0.2) is 42.5 Å². The van der Waals surface area contributed by atoms with E-state index in [9.17, 15) is 9.59 Å². The minimum Gasteiger partial charge on any atom is -0.374 e. The Morgan fingerprint density at radius 2 is 1.69 bits per heavy atom. The molecule has 0 spiro atoms. The number of imide groups is 1. The lowest BCUT2D eigenvalue weighted by atomic mass is 9.78. The molecule has 0 radical (unpaired) electrons. The minimum absolute atomic E-state index is 0.0300. The number of anilines is 1. The van der Waals surface area contributed by atoms with Gasteiger partial charge in [-0.3, -0.25) is 14.6 Å². The molecule has 2 saturated heterocycles. The molecule has 3 aliphatic heterocycles. The van der Waals surface area contributed by atoms with Gasteiger partial charge in [0.05, 0.1) is 0 Å². The van der Waals surface area contributed by atoms with Gasteiger partial charge in [0.1, 0.15) is 5.54 Å². The van der Waals surface area contributed by atoms with Crippen molar-refractivity contribution in [3.8, 4) is 0 Å². The van der Waals surface area contributed by atoms with Crippen LogP contribution in [0.1, 0.15) is 48.4 Å². The van der Waals surface area contributed by atoms with E-state index in [0.717, 1.165) is 51.9 Å². The summed E-state index contributed by atoms with van der Waals surface area (Å²) in [6.07, 6.45) is 5.77. The second kappa shape index (κ2) is 8.66. The number of amides is 3. The monoisotopic (exact) mass is 472 g/mol. The standard InChI is InChI=1S/C29H36N4O2/c1-29(27(34)33(28(35)30-29)25-17-21-6-3-4-7-22(21)18-25)24-11-14-32(15-12-24)19-20-9-10-26-23(16-20)8-5-13-31(26)2/h3-4,6-7,9-10,16,24-25H,5,8,11-15,17-19H2,1-2H3,(H,30,35)/t29-/m0/s1. The fraction of sp³-hybridized carbons (Fsp3) is 0.517. The molecule has 0 aromatic heterocycles. The normalized spacial score (nSPS) is 25.7. The van der Waals surface area contributed by atoms with Crippen LogP contribution >= 0.6 is 0 Å². The Labute approximate surface area is 208 Å². The van der Waals surface area contributed by atoms with E-state index in [1.807, 2.05) is 19.1 Å². The number of aryl methyl sites for hydroxylation is 1. The highest BCUT2D eigenvalue weighted by Crippen LogP contribution is 2.37. The average molecular weight is 473 g/mol. The number of hydrogen-bond acceptors (Lipinski definition) is 4. The maximum atomic E-state index is 13.6. The predicted octanol–water partition coefficient (Wildman–Crippen LogP) is 3.76. The molecule has 2 aromatic carbocycles. The van der Waals surface area contributed by atoms with Gasteiger partial charge in [0.2, 0.25) is 0 Å². The molecule has 3 heterocycles. The molecule has 1 N–H and O–H groups in total. The van der Waals surface area contributed by atoms with Crippen LogP contribution in [-0.4, -0.2) is 60.0 Å². The van der Waals surface area contributed by atoms with Crippen molar-refractivity contribution in [3.05, 3.63) is 64.7 Å². The molecule has 6 heteroatoms. The van der Waals surface area contributed by atoms with Gasteiger partial charge >= 0.3 is 6.03 Å². The average Bonchev–Trinajstić information content (AvgIpc) is 3.37. The number of nitrogens with one attached hydrogen (secondary N) is 1. The first kappa shape index (κ1) is 22.6. The number of fused-ring (bicyclic) bond motifs is 2. The SMILES string of the molecule is CN1CCCc2cc(CN3CCC([C@]4(C)NC(=O)N(C5Cc6ccccc6C5)C4=O)CC3)ccc21. The summed E-state index contributed by atoms with van der Waals surface area (Å²) in [6.45, 7) is 5.95. The molecule has 35 heavy (non-hydrogen) atoms. The number of likely N-dealkylation sites (tertiary alicyclic amines) is 1. The Morgan fingerprint density at radius 3 is 2.40 bits per heavy atom. The molecule has 0 unspecified atom stereocenters. The number of rotatable bonds is 4. The van der Waals surface area contributed by atoms with Crippen molar-refractivity contribution in [2.75, 3.05) is 31.6 Å². The number of hydrogen-bond donors (Lipinski definition) is 1. The quantitative estimate of drug-likeness (QED) is 0.689. The largest absolute Gasteiger partial charge is 0.374 e. The zero-order chi connectivity index (χ0) is 24.2. The number of nitrogens with zero attached hydrogens (tertiary/aromatic N) is 3. The van der Waals surface area contributed by atoms with Crippen LogP contribution in [-0.2, 0) is 30.6 Å². The van der Waals surface area contributed by atoms with Crippen LogP contribution in [0.2, 0.25) is 0 Å². The van der Waals surface area contributed by atoms with Gasteiger partial charge in [-0.05, 0) is 92.8 Å². The third-order valence-corrected chi connectivity index (χ3v) is 8.95. The predicted molar refractivity (Wildman–Crippen MR) is 137 cm³/mol. The van der Waals surface area contributed by atoms with Crippen molar-refractivity contribution in [1.29, 1.82) is 0 Å². The molecule has 0 bridgehead atoms. The van der Waals surface area contributed by atoms with Crippen molar-refractivity contribution in [3.63, 3.8) is 0 Å². The van der Waals surface area contributed by atoms with Gasteiger partial charge in [0.25, 0.3) is 5.91 Å². The van der Waals surface area contributed by atoms with E-state index in [0.29, 0.717) is 0 Å². The van der Waals surface area contributed by atoms with E-state index in [-0.39, 0.29) is 23.9 Å². The first-order chi connectivity index (χ1) is 16.9. The second-order valence-electron chi connectivity index (χ2n) is 11.2. The molecule has 1 atom stereocenters. The molecule has 184 valence electrons. The Kier molecular flexibility index (Phi) is 5.59. The van der Waals surface area contributed by atoms with Crippen molar-refractivity contribution in [2.45, 2.75) is 63.6 Å². The molecule has 6 nitrogen and oxygen atoms in total. The van der Waals surface area contributed by atoms with Gasteiger partial charge < -0.3 is 10.2 Å². The summed E-state index contributed by atoms with van der Waals surface area (Å²) in [7, 11) is 2.18. The van der Waals surface area contributed by atoms with E-state index < -0.39 is 5.54 Å². The van der Waals surface area contributed by atoms with Crippen LogP contribution in [0, 0.1) is 5.92 Å². The van der Waals surface area contributed by atoms with Gasteiger partial charge in [0, 0.05) is 31.9 Å². The van der Waals surface area contributed by atoms with Crippen LogP contribution in [0.4, 0.5) is 10.5 Å². The van der Waals surface area contributed by atoms with Gasteiger partial charge in [0.15, 0.2) is 0 Å². The second-order valence-corrected chi connectivity index (χ2v) is 11.2. The van der Waals surface area contributed by atoms with Gasteiger partial charge in [-0.15, -0.1) is 0 Å². The van der Waals surface area contributed by atoms with E-state index in [4.69, 9.17) is 0 Å². The number of piperidine rings is 1. The zero-order valence-electron chi connectivity index (χ0n) is 20.9. The third-order valence-electron chi connectivity index (χ3n) is 8.95. The Morgan fingerprint density at radius 1 is 0.971 bits per heavy atom. The molecular weight excluding hydrogens is 436 g/mol. The van der Waals surface area contributed by atoms with Crippen LogP contribution in [0.25, 0.3) is 0 Å². The molecule has 4 aliphatic rings. The Hall–Kier alpha value is -2.86. The topological polar surface area (TPSA) is 55.9 Å². The summed E-state index contributed by atoms with van der Waals surface area (Å²) >= 11 is 0. The summed E-state index contributed by atoms with van der Waals surface area (Å²) in [5.41, 5.74) is 5.93. The van der Waals surface area contributed by atoms with Crippen molar-refractivity contribution in [2.24, 2.45) is 5.92 Å². The van der Waals surface area contributed by atoms with Gasteiger partial charge in [-0.25, -0.2) is 4.79 Å². The lowest BCUT2D eigenvalue weighted by molar-refractivity contribution is -0.134.